The molecule has 1 aromatic carbocycles. The molecule has 0 aliphatic heterocycles. The minimum atomic E-state index is -0.250. The van der Waals surface area contributed by atoms with Crippen LogP contribution in [0.5, 0.6) is 11.5 Å². The van der Waals surface area contributed by atoms with Gasteiger partial charge in [-0.2, -0.15) is 0 Å². The summed E-state index contributed by atoms with van der Waals surface area (Å²) in [6.07, 6.45) is 4.32. The van der Waals surface area contributed by atoms with Gasteiger partial charge in [-0.3, -0.25) is 9.59 Å². The number of nitrogens with one attached hydrogen (secondary N) is 2. The number of ketones is 1. The van der Waals surface area contributed by atoms with E-state index in [9.17, 15) is 9.59 Å². The molecule has 0 spiro atoms. The molecule has 0 saturated heterocycles. The quantitative estimate of drug-likeness (QED) is 0.595. The third kappa shape index (κ3) is 5.07. The van der Waals surface area contributed by atoms with Gasteiger partial charge in [-0.05, 0) is 37.7 Å². The van der Waals surface area contributed by atoms with Gasteiger partial charge < -0.3 is 19.8 Å². The lowest BCUT2D eigenvalue weighted by atomic mass is 9.89. The number of ether oxygens (including phenoxy) is 2. The van der Waals surface area contributed by atoms with Crippen molar-refractivity contribution < 1.29 is 19.1 Å². The third-order valence-corrected chi connectivity index (χ3v) is 5.03. The van der Waals surface area contributed by atoms with Crippen LogP contribution in [0.25, 0.3) is 10.9 Å². The molecule has 0 atom stereocenters. The van der Waals surface area contributed by atoms with Crippen LogP contribution < -0.4 is 14.8 Å². The van der Waals surface area contributed by atoms with Crippen molar-refractivity contribution in [3.8, 4) is 23.3 Å². The van der Waals surface area contributed by atoms with Crippen LogP contribution in [0.15, 0.2) is 18.2 Å². The van der Waals surface area contributed by atoms with Gasteiger partial charge in [-0.15, -0.1) is 0 Å². The second kappa shape index (κ2) is 9.32. The molecule has 0 bridgehead atoms. The summed E-state index contributed by atoms with van der Waals surface area (Å²) >= 11 is 0. The van der Waals surface area contributed by atoms with E-state index in [0.717, 1.165) is 53.8 Å². The normalized spacial score (nSPS) is 14.4. The molecule has 6 nitrogen and oxygen atoms in total. The third-order valence-electron chi connectivity index (χ3n) is 5.03. The Bertz CT molecular complexity index is 910. The fraction of sp³-hybridized carbons (Fsp3) is 0.455. The largest absolute Gasteiger partial charge is 0.497 e. The highest BCUT2D eigenvalue weighted by Gasteiger charge is 2.16. The van der Waals surface area contributed by atoms with E-state index in [1.165, 1.54) is 0 Å². The number of hydrogen-bond acceptors (Lipinski definition) is 4. The van der Waals surface area contributed by atoms with Crippen molar-refractivity contribution in [2.75, 3.05) is 20.8 Å². The van der Waals surface area contributed by atoms with E-state index in [-0.39, 0.29) is 11.8 Å². The van der Waals surface area contributed by atoms with Gasteiger partial charge in [0.05, 0.1) is 19.7 Å². The summed E-state index contributed by atoms with van der Waals surface area (Å²) in [6, 6.07) is 5.87. The highest BCUT2D eigenvalue weighted by molar-refractivity contribution is 5.93. The fourth-order valence-corrected chi connectivity index (χ4v) is 3.44. The first-order valence-corrected chi connectivity index (χ1v) is 9.63. The number of aromatic nitrogens is 1. The van der Waals surface area contributed by atoms with Gasteiger partial charge in [0.2, 0.25) is 0 Å². The van der Waals surface area contributed by atoms with Crippen LogP contribution in [0.4, 0.5) is 0 Å². The highest BCUT2D eigenvalue weighted by Crippen LogP contribution is 2.31. The van der Waals surface area contributed by atoms with E-state index in [4.69, 9.17) is 9.47 Å². The Balaban J connectivity index is 1.47. The lowest BCUT2D eigenvalue weighted by molar-refractivity contribution is -0.120. The van der Waals surface area contributed by atoms with E-state index in [1.807, 2.05) is 12.1 Å². The molecular weight excluding hydrogens is 356 g/mol. The minimum absolute atomic E-state index is 0.168. The number of aryl methyl sites for hydroxylation is 1. The molecule has 3 rings (SSSR count). The number of benzene rings is 1. The second-order valence-corrected chi connectivity index (χ2v) is 7.03. The maximum Gasteiger partial charge on any atom is 0.295 e. The number of amides is 1. The van der Waals surface area contributed by atoms with Crippen LogP contribution in [0, 0.1) is 17.8 Å². The first-order valence-electron chi connectivity index (χ1n) is 9.63. The average Bonchev–Trinajstić information content (AvgIpc) is 3.12. The van der Waals surface area contributed by atoms with Gasteiger partial charge in [0.1, 0.15) is 17.3 Å². The SMILES string of the molecule is COc1cc(OC)c2cc(CCCNC(=O)C#CC3CCC(=O)CC3)[nH]c2c1. The molecule has 1 fully saturated rings. The molecule has 1 aliphatic carbocycles. The summed E-state index contributed by atoms with van der Waals surface area (Å²) < 4.78 is 10.7. The first kappa shape index (κ1) is 19.8. The Morgan fingerprint density at radius 3 is 2.71 bits per heavy atom. The molecular formula is C22H26N2O4. The van der Waals surface area contributed by atoms with Crippen molar-refractivity contribution in [2.24, 2.45) is 5.92 Å². The number of fused-ring (bicyclic) bond motifs is 1. The highest BCUT2D eigenvalue weighted by atomic mass is 16.5. The Hall–Kier alpha value is -2.94. The molecule has 1 saturated carbocycles. The summed E-state index contributed by atoms with van der Waals surface area (Å²) in [5, 5.41) is 3.85. The van der Waals surface area contributed by atoms with E-state index >= 15 is 0 Å². The Morgan fingerprint density at radius 1 is 1.21 bits per heavy atom. The maximum absolute atomic E-state index is 11.9. The van der Waals surface area contributed by atoms with Crippen molar-refractivity contribution in [3.63, 3.8) is 0 Å². The number of Topliss-reactive ketones (excluding diaryl/α,β-unsaturated/α-hetero) is 1. The van der Waals surface area contributed by atoms with Crippen molar-refractivity contribution in [1.82, 2.24) is 10.3 Å². The van der Waals surface area contributed by atoms with E-state index in [1.54, 1.807) is 14.2 Å². The van der Waals surface area contributed by atoms with Crippen LogP contribution in [-0.4, -0.2) is 37.4 Å². The summed E-state index contributed by atoms with van der Waals surface area (Å²) in [5.41, 5.74) is 2.04. The summed E-state index contributed by atoms with van der Waals surface area (Å²) in [7, 11) is 3.27. The number of H-pyrrole nitrogens is 1. The lowest BCUT2D eigenvalue weighted by Gasteiger charge is -2.14. The molecule has 0 radical (unpaired) electrons. The summed E-state index contributed by atoms with van der Waals surface area (Å²) in [4.78, 5) is 26.5. The second-order valence-electron chi connectivity index (χ2n) is 7.03. The van der Waals surface area contributed by atoms with Crippen molar-refractivity contribution in [1.29, 1.82) is 0 Å². The van der Waals surface area contributed by atoms with Crippen LogP contribution >= 0.6 is 0 Å². The molecule has 0 unspecified atom stereocenters. The minimum Gasteiger partial charge on any atom is -0.497 e. The van der Waals surface area contributed by atoms with Crippen molar-refractivity contribution in [2.45, 2.75) is 38.5 Å². The van der Waals surface area contributed by atoms with Gasteiger partial charge in [-0.25, -0.2) is 0 Å². The van der Waals surface area contributed by atoms with Crippen LogP contribution in [0.3, 0.4) is 0 Å². The van der Waals surface area contributed by atoms with Gasteiger partial charge >= 0.3 is 0 Å². The zero-order chi connectivity index (χ0) is 19.9. The standard InChI is InChI=1S/C22H26N2O4/c1-27-18-13-20-19(21(14-18)28-2)12-16(24-20)4-3-11-23-22(26)10-7-15-5-8-17(25)9-6-15/h12-15,24H,3-6,8-9,11H2,1-2H3,(H,23,26). The predicted octanol–water partition coefficient (Wildman–Crippen LogP) is 3.00. The lowest BCUT2D eigenvalue weighted by Crippen LogP contribution is -2.23. The smallest absolute Gasteiger partial charge is 0.295 e. The van der Waals surface area contributed by atoms with Gasteiger partial charge in [0.25, 0.3) is 5.91 Å². The number of methoxy groups -OCH3 is 2. The van der Waals surface area contributed by atoms with Crippen LogP contribution in [-0.2, 0) is 16.0 Å². The Kier molecular flexibility index (Phi) is 6.59. The van der Waals surface area contributed by atoms with Gasteiger partial charge in [0, 0.05) is 48.5 Å². The molecule has 28 heavy (non-hydrogen) atoms. The zero-order valence-electron chi connectivity index (χ0n) is 16.4. The molecule has 6 heteroatoms. The number of hydrogen-bond donors (Lipinski definition) is 2. The maximum atomic E-state index is 11.9. The number of rotatable bonds is 6. The Morgan fingerprint density at radius 2 is 2.00 bits per heavy atom. The van der Waals surface area contributed by atoms with Crippen LogP contribution in [0.1, 0.15) is 37.8 Å². The number of aromatic amines is 1. The van der Waals surface area contributed by atoms with Crippen molar-refractivity contribution >= 4 is 22.6 Å². The monoisotopic (exact) mass is 382 g/mol. The number of carbonyl (C=O) groups excluding carboxylic acids is 2. The van der Waals surface area contributed by atoms with E-state index in [0.29, 0.717) is 25.2 Å². The molecule has 148 valence electrons. The first-order chi connectivity index (χ1) is 13.6. The summed E-state index contributed by atoms with van der Waals surface area (Å²) in [5.74, 6) is 7.39. The summed E-state index contributed by atoms with van der Waals surface area (Å²) in [6.45, 7) is 0.562. The fourth-order valence-electron chi connectivity index (χ4n) is 3.44. The zero-order valence-corrected chi connectivity index (χ0v) is 16.4. The Labute approximate surface area is 165 Å². The molecule has 1 aliphatic rings. The molecule has 2 aromatic rings. The average molecular weight is 382 g/mol. The van der Waals surface area contributed by atoms with E-state index in [2.05, 4.69) is 28.2 Å². The van der Waals surface area contributed by atoms with Crippen LogP contribution in [0.2, 0.25) is 0 Å². The number of carbonyl (C=O) groups is 2. The predicted molar refractivity (Wildman–Crippen MR) is 107 cm³/mol. The molecule has 1 heterocycles. The molecule has 1 aromatic heterocycles. The molecule has 2 N–H and O–H groups in total. The van der Waals surface area contributed by atoms with Gasteiger partial charge in [-0.1, -0.05) is 5.92 Å². The topological polar surface area (TPSA) is 80.4 Å². The molecule has 1 amide bonds. The van der Waals surface area contributed by atoms with Gasteiger partial charge in [0.15, 0.2) is 0 Å². The van der Waals surface area contributed by atoms with E-state index < -0.39 is 0 Å². The van der Waals surface area contributed by atoms with Crippen molar-refractivity contribution in [3.05, 3.63) is 23.9 Å².